The normalized spacial score (nSPS) is 16.6. The van der Waals surface area contributed by atoms with Crippen LogP contribution in [0.25, 0.3) is 16.6 Å². The van der Waals surface area contributed by atoms with Crippen LogP contribution >= 0.6 is 0 Å². The molecule has 0 saturated heterocycles. The summed E-state index contributed by atoms with van der Waals surface area (Å²) in [5, 5.41) is 0.496. The average Bonchev–Trinajstić information content (AvgIpc) is 3.34. The predicted molar refractivity (Wildman–Crippen MR) is 112 cm³/mol. The molecule has 1 aromatic heterocycles. The summed E-state index contributed by atoms with van der Waals surface area (Å²) < 4.78 is 18.3. The topological polar surface area (TPSA) is 115 Å². The van der Waals surface area contributed by atoms with Gasteiger partial charge in [0.15, 0.2) is 11.5 Å². The maximum Gasteiger partial charge on any atom is 0.339 e. The van der Waals surface area contributed by atoms with Gasteiger partial charge in [0.1, 0.15) is 11.4 Å². The maximum atomic E-state index is 13.4. The van der Waals surface area contributed by atoms with E-state index in [4.69, 9.17) is 19.9 Å². The number of hydrogen-bond donors (Lipinski definition) is 1. The molecular weight excluding hydrogens is 402 g/mol. The third-order valence-electron chi connectivity index (χ3n) is 5.50. The number of nitrogens with two attached hydrogens (primary N) is 1. The van der Waals surface area contributed by atoms with Gasteiger partial charge in [0.05, 0.1) is 23.4 Å². The number of nitrogens with zero attached hydrogens (tertiary/aromatic N) is 2. The van der Waals surface area contributed by atoms with Crippen LogP contribution in [0.5, 0.6) is 11.5 Å². The molecule has 3 aromatic rings. The third-order valence-corrected chi connectivity index (χ3v) is 5.50. The van der Waals surface area contributed by atoms with E-state index in [0.717, 1.165) is 10.2 Å². The predicted octanol–water partition coefficient (Wildman–Crippen LogP) is 1.38. The number of ether oxygens (including phenoxy) is 3. The number of hydrogen-bond acceptors (Lipinski definition) is 7. The average molecular weight is 421 g/mol. The number of carbonyl (C=O) groups is 1. The summed E-state index contributed by atoms with van der Waals surface area (Å²) in [4.78, 5) is 39.3. The van der Waals surface area contributed by atoms with Gasteiger partial charge in [0, 0.05) is 0 Å². The van der Waals surface area contributed by atoms with Crippen molar-refractivity contribution < 1.29 is 19.0 Å². The van der Waals surface area contributed by atoms with Crippen molar-refractivity contribution in [2.24, 2.45) is 5.73 Å². The van der Waals surface area contributed by atoms with Crippen molar-refractivity contribution in [3.8, 4) is 11.5 Å². The molecule has 158 valence electrons. The largest absolute Gasteiger partial charge is 0.462 e. The quantitative estimate of drug-likeness (QED) is 0.633. The zero-order valence-corrected chi connectivity index (χ0v) is 16.7. The lowest BCUT2D eigenvalue weighted by Gasteiger charge is -2.18. The molecule has 9 nitrogen and oxygen atoms in total. The summed E-state index contributed by atoms with van der Waals surface area (Å²) in [5.41, 5.74) is 6.23. The number of carbonyl (C=O) groups excluding carboxylic acids is 1. The number of aromatic nitrogens is 2. The Balaban J connectivity index is 1.72. The number of fused-ring (bicyclic) bond motifs is 3. The fraction of sp³-hybridized carbons (Fsp3) is 0.227. The van der Waals surface area contributed by atoms with Crippen LogP contribution in [0, 0.1) is 0 Å². The van der Waals surface area contributed by atoms with Gasteiger partial charge in [0.25, 0.3) is 11.1 Å². The minimum Gasteiger partial charge on any atom is -0.462 e. The van der Waals surface area contributed by atoms with Gasteiger partial charge in [-0.2, -0.15) is 4.68 Å². The van der Waals surface area contributed by atoms with E-state index in [0.29, 0.717) is 11.5 Å². The van der Waals surface area contributed by atoms with Crippen LogP contribution in [-0.4, -0.2) is 28.7 Å². The lowest BCUT2D eigenvalue weighted by atomic mass is 9.99. The summed E-state index contributed by atoms with van der Waals surface area (Å²) in [6.45, 7) is 1.94. The molecule has 1 atom stereocenters. The molecule has 2 N–H and O–H groups in total. The molecule has 1 unspecified atom stereocenters. The van der Waals surface area contributed by atoms with Crippen molar-refractivity contribution in [3.05, 3.63) is 74.3 Å². The Hall–Kier alpha value is -4.01. The second kappa shape index (κ2) is 7.05. The molecule has 2 aliphatic heterocycles. The lowest BCUT2D eigenvalue weighted by molar-refractivity contribution is -0.138. The van der Waals surface area contributed by atoms with Crippen LogP contribution in [0.2, 0.25) is 0 Å². The van der Waals surface area contributed by atoms with E-state index in [1.165, 1.54) is 4.68 Å². The van der Waals surface area contributed by atoms with Gasteiger partial charge >= 0.3 is 5.97 Å². The highest BCUT2D eigenvalue weighted by molar-refractivity contribution is 5.96. The Bertz CT molecular complexity index is 1380. The fourth-order valence-electron chi connectivity index (χ4n) is 4.12. The minimum absolute atomic E-state index is 0.0778. The molecule has 0 bridgehead atoms. The van der Waals surface area contributed by atoms with Crippen LogP contribution in [0.15, 0.2) is 57.6 Å². The Morgan fingerprint density at radius 1 is 1.10 bits per heavy atom. The summed E-state index contributed by atoms with van der Waals surface area (Å²) in [6, 6.07) is 11.1. The highest BCUT2D eigenvalue weighted by Gasteiger charge is 2.38. The molecule has 0 spiro atoms. The maximum absolute atomic E-state index is 13.4. The zero-order chi connectivity index (χ0) is 21.7. The number of rotatable bonds is 4. The van der Waals surface area contributed by atoms with E-state index in [1.807, 2.05) is 6.07 Å². The van der Waals surface area contributed by atoms with E-state index in [9.17, 15) is 14.4 Å². The molecule has 31 heavy (non-hydrogen) atoms. The Morgan fingerprint density at radius 3 is 2.55 bits per heavy atom. The molecule has 2 aromatic carbocycles. The second-order valence-corrected chi connectivity index (χ2v) is 7.24. The third kappa shape index (κ3) is 2.81. The monoisotopic (exact) mass is 421 g/mol. The van der Waals surface area contributed by atoms with Crippen molar-refractivity contribution in [1.82, 2.24) is 9.36 Å². The van der Waals surface area contributed by atoms with Gasteiger partial charge in [-0.1, -0.05) is 18.2 Å². The van der Waals surface area contributed by atoms with E-state index >= 15 is 0 Å². The minimum atomic E-state index is -0.816. The van der Waals surface area contributed by atoms with Crippen LogP contribution in [0.3, 0.4) is 0 Å². The molecule has 0 aliphatic carbocycles. The molecule has 3 heterocycles. The van der Waals surface area contributed by atoms with Crippen molar-refractivity contribution in [2.75, 3.05) is 13.4 Å². The smallest absolute Gasteiger partial charge is 0.339 e. The Labute approximate surface area is 175 Å². The first-order valence-corrected chi connectivity index (χ1v) is 9.83. The molecule has 0 radical (unpaired) electrons. The summed E-state index contributed by atoms with van der Waals surface area (Å²) >= 11 is 0. The van der Waals surface area contributed by atoms with Crippen molar-refractivity contribution in [1.29, 1.82) is 0 Å². The Morgan fingerprint density at radius 2 is 1.81 bits per heavy atom. The lowest BCUT2D eigenvalue weighted by Crippen LogP contribution is -2.38. The van der Waals surface area contributed by atoms with Crippen LogP contribution in [0.4, 0.5) is 0 Å². The van der Waals surface area contributed by atoms with Gasteiger partial charge in [-0.25, -0.2) is 9.48 Å². The zero-order valence-electron chi connectivity index (χ0n) is 16.7. The summed E-state index contributed by atoms with van der Waals surface area (Å²) in [6.07, 6.45) is 0.225. The molecule has 9 heteroatoms. The van der Waals surface area contributed by atoms with Crippen LogP contribution < -0.4 is 26.3 Å². The summed E-state index contributed by atoms with van der Waals surface area (Å²) in [5.74, 6) is 0.436. The SMILES string of the molecule is CCOC(=O)C1=C(N)n2c(=O)c3ccccc3c(=O)n2C1Cc1ccc2c(c1)OCO2. The van der Waals surface area contributed by atoms with Crippen LogP contribution in [0.1, 0.15) is 18.5 Å². The van der Waals surface area contributed by atoms with E-state index < -0.39 is 23.1 Å². The fourth-order valence-corrected chi connectivity index (χ4v) is 4.12. The van der Waals surface area contributed by atoms with Gasteiger partial charge < -0.3 is 19.9 Å². The second-order valence-electron chi connectivity index (χ2n) is 7.24. The number of esters is 1. The van der Waals surface area contributed by atoms with E-state index in [-0.39, 0.29) is 42.0 Å². The Kier molecular flexibility index (Phi) is 4.32. The standard InChI is InChI=1S/C22H19N3O6/c1-2-29-22(28)18-15(9-12-7-8-16-17(10-12)31-11-30-16)24-20(26)13-5-3-4-6-14(13)21(27)25(24)19(18)23/h3-8,10,15H,2,9,11,23H2,1H3. The van der Waals surface area contributed by atoms with Gasteiger partial charge in [0.2, 0.25) is 6.79 Å². The number of benzene rings is 2. The molecule has 0 saturated carbocycles. The van der Waals surface area contributed by atoms with Gasteiger partial charge in [-0.3, -0.25) is 9.59 Å². The van der Waals surface area contributed by atoms with Crippen molar-refractivity contribution in [2.45, 2.75) is 19.4 Å². The van der Waals surface area contributed by atoms with E-state index in [2.05, 4.69) is 0 Å². The molecule has 0 fully saturated rings. The summed E-state index contributed by atoms with van der Waals surface area (Å²) in [7, 11) is 0. The first kappa shape index (κ1) is 19.0. The molecule has 5 rings (SSSR count). The first-order chi connectivity index (χ1) is 15.0. The first-order valence-electron chi connectivity index (χ1n) is 9.83. The van der Waals surface area contributed by atoms with Crippen molar-refractivity contribution in [3.63, 3.8) is 0 Å². The molecule has 2 aliphatic rings. The van der Waals surface area contributed by atoms with Crippen LogP contribution in [-0.2, 0) is 16.0 Å². The molecular formula is C22H19N3O6. The highest BCUT2D eigenvalue weighted by Crippen LogP contribution is 2.36. The molecule has 0 amide bonds. The van der Waals surface area contributed by atoms with Gasteiger partial charge in [-0.05, 0) is 43.2 Å². The van der Waals surface area contributed by atoms with Crippen molar-refractivity contribution >= 4 is 22.6 Å². The highest BCUT2D eigenvalue weighted by atomic mass is 16.7. The van der Waals surface area contributed by atoms with E-state index in [1.54, 1.807) is 43.3 Å². The van der Waals surface area contributed by atoms with Gasteiger partial charge in [-0.15, -0.1) is 0 Å².